The first-order valence-corrected chi connectivity index (χ1v) is 9.60. The number of rotatable bonds is 16. The van der Waals surface area contributed by atoms with Gasteiger partial charge in [-0.3, -0.25) is 4.79 Å². The Kier molecular flexibility index (Phi) is 12.5. The molecule has 0 aliphatic carbocycles. The van der Waals surface area contributed by atoms with Crippen LogP contribution < -0.4 is 11.1 Å². The van der Waals surface area contributed by atoms with Crippen molar-refractivity contribution in [1.29, 1.82) is 0 Å². The van der Waals surface area contributed by atoms with Crippen LogP contribution in [0, 0.1) is 10.8 Å². The van der Waals surface area contributed by atoms with Gasteiger partial charge >= 0.3 is 5.97 Å². The predicted molar refractivity (Wildman–Crippen MR) is 102 cm³/mol. The Bertz CT molecular complexity index is 413. The maximum absolute atomic E-state index is 11.7. The highest BCUT2D eigenvalue weighted by atomic mass is 16.5. The van der Waals surface area contributed by atoms with Crippen molar-refractivity contribution in [3.05, 3.63) is 0 Å². The molecule has 7 heteroatoms. The molecule has 0 aromatic carbocycles. The van der Waals surface area contributed by atoms with Crippen LogP contribution in [0.3, 0.4) is 0 Å². The molecular weight excluding hydrogens is 336 g/mol. The van der Waals surface area contributed by atoms with E-state index in [1.807, 2.05) is 0 Å². The van der Waals surface area contributed by atoms with E-state index in [9.17, 15) is 9.59 Å². The molecule has 7 nitrogen and oxygen atoms in total. The molecule has 1 unspecified atom stereocenters. The third-order valence-corrected chi connectivity index (χ3v) is 5.40. The van der Waals surface area contributed by atoms with E-state index in [0.717, 1.165) is 32.1 Å². The molecule has 0 aliphatic rings. The molecule has 0 bridgehead atoms. The molecule has 0 rings (SSSR count). The number of hydrogen-bond donors (Lipinski definition) is 3. The normalized spacial score (nSPS) is 14.0. The van der Waals surface area contributed by atoms with Crippen LogP contribution in [-0.2, 0) is 19.1 Å². The summed E-state index contributed by atoms with van der Waals surface area (Å²) < 4.78 is 10.9. The molecule has 0 spiro atoms. The Morgan fingerprint density at radius 1 is 1.00 bits per heavy atom. The molecule has 26 heavy (non-hydrogen) atoms. The van der Waals surface area contributed by atoms with Crippen LogP contribution in [-0.4, -0.2) is 56.5 Å². The molecule has 4 N–H and O–H groups in total. The van der Waals surface area contributed by atoms with Gasteiger partial charge in [-0.25, -0.2) is 4.79 Å². The lowest BCUT2D eigenvalue weighted by atomic mass is 9.79. The van der Waals surface area contributed by atoms with Crippen molar-refractivity contribution in [2.75, 3.05) is 39.5 Å². The molecular formula is C19H38N2O5. The Hall–Kier alpha value is -1.18. The average molecular weight is 375 g/mol. The highest BCUT2D eigenvalue weighted by molar-refractivity contribution is 5.77. The summed E-state index contributed by atoms with van der Waals surface area (Å²) in [7, 11) is 0. The third kappa shape index (κ3) is 10.1. The summed E-state index contributed by atoms with van der Waals surface area (Å²) in [5.74, 6) is -1.38. The van der Waals surface area contributed by atoms with E-state index >= 15 is 0 Å². The molecule has 154 valence electrons. The first-order chi connectivity index (χ1) is 12.3. The second-order valence-electron chi connectivity index (χ2n) is 7.39. The fourth-order valence-corrected chi connectivity index (χ4v) is 2.84. The van der Waals surface area contributed by atoms with E-state index in [4.69, 9.17) is 20.3 Å². The minimum atomic E-state index is -1.08. The van der Waals surface area contributed by atoms with Crippen LogP contribution in [0.2, 0.25) is 0 Å². The number of hydrogen-bond acceptors (Lipinski definition) is 5. The molecule has 0 aliphatic heterocycles. The summed E-state index contributed by atoms with van der Waals surface area (Å²) in [6, 6.07) is 0. The topological polar surface area (TPSA) is 111 Å². The molecule has 1 amide bonds. The van der Waals surface area contributed by atoms with Crippen molar-refractivity contribution < 1.29 is 24.2 Å². The van der Waals surface area contributed by atoms with E-state index in [2.05, 4.69) is 33.0 Å². The number of nitrogens with one attached hydrogen (secondary N) is 1. The van der Waals surface area contributed by atoms with Gasteiger partial charge < -0.3 is 25.6 Å². The average Bonchev–Trinajstić information content (AvgIpc) is 2.60. The van der Waals surface area contributed by atoms with Crippen LogP contribution in [0.4, 0.5) is 0 Å². The molecule has 0 saturated heterocycles. The smallest absolute Gasteiger partial charge is 0.329 e. The van der Waals surface area contributed by atoms with Gasteiger partial charge in [-0.2, -0.15) is 0 Å². The molecule has 0 radical (unpaired) electrons. The highest BCUT2D eigenvalue weighted by Crippen LogP contribution is 2.32. The van der Waals surface area contributed by atoms with E-state index in [1.165, 1.54) is 0 Å². The Balaban J connectivity index is 4.34. The number of carbonyl (C=O) groups excluding carboxylic acids is 1. The molecule has 1 atom stereocenters. The summed E-state index contributed by atoms with van der Waals surface area (Å²) in [6.45, 7) is 10.5. The number of nitrogens with two attached hydrogens (primary N) is 1. The quantitative estimate of drug-likeness (QED) is 0.382. The maximum Gasteiger partial charge on any atom is 0.329 e. The fourth-order valence-electron chi connectivity index (χ4n) is 2.84. The second-order valence-corrected chi connectivity index (χ2v) is 7.39. The molecule has 0 fully saturated rings. The number of carboxylic acids is 1. The van der Waals surface area contributed by atoms with Crippen molar-refractivity contribution in [3.8, 4) is 0 Å². The van der Waals surface area contributed by atoms with Gasteiger partial charge in [-0.05, 0) is 49.5 Å². The zero-order valence-electron chi connectivity index (χ0n) is 16.9. The first kappa shape index (κ1) is 24.8. The standard InChI is InChI=1S/C19H38N2O5/c1-5-18(4,8-10-20)14-26-15-19(6-2,7-3)9-11-21-16(22)12-25-13-17(23)24/h5-15,20H2,1-4H3,(H,21,22)(H,23,24). The fraction of sp³-hybridized carbons (Fsp3) is 0.895. The van der Waals surface area contributed by atoms with Crippen LogP contribution in [0.5, 0.6) is 0 Å². The number of carboxylic acid groups (broad SMARTS) is 1. The van der Waals surface area contributed by atoms with Crippen LogP contribution in [0.1, 0.15) is 59.8 Å². The van der Waals surface area contributed by atoms with Gasteiger partial charge in [0, 0.05) is 6.54 Å². The Morgan fingerprint density at radius 3 is 2.15 bits per heavy atom. The lowest BCUT2D eigenvalue weighted by molar-refractivity contribution is -0.143. The van der Waals surface area contributed by atoms with Crippen molar-refractivity contribution >= 4 is 11.9 Å². The van der Waals surface area contributed by atoms with Gasteiger partial charge in [0.25, 0.3) is 0 Å². The van der Waals surface area contributed by atoms with E-state index in [-0.39, 0.29) is 23.3 Å². The molecule has 0 aromatic rings. The molecule has 0 saturated carbocycles. The van der Waals surface area contributed by atoms with Crippen molar-refractivity contribution in [2.24, 2.45) is 16.6 Å². The predicted octanol–water partition coefficient (Wildman–Crippen LogP) is 2.18. The summed E-state index contributed by atoms with van der Waals surface area (Å²) in [4.78, 5) is 22.0. The van der Waals surface area contributed by atoms with Crippen LogP contribution >= 0.6 is 0 Å². The van der Waals surface area contributed by atoms with Crippen molar-refractivity contribution in [2.45, 2.75) is 59.8 Å². The Morgan fingerprint density at radius 2 is 1.65 bits per heavy atom. The van der Waals surface area contributed by atoms with Gasteiger partial charge in [0.05, 0.1) is 13.2 Å². The lowest BCUT2D eigenvalue weighted by Gasteiger charge is -2.34. The van der Waals surface area contributed by atoms with Gasteiger partial charge in [0.2, 0.25) is 5.91 Å². The molecule has 0 aromatic heterocycles. The minimum absolute atomic E-state index is 0.0204. The number of amides is 1. The van der Waals surface area contributed by atoms with E-state index < -0.39 is 12.6 Å². The van der Waals surface area contributed by atoms with E-state index in [1.54, 1.807) is 0 Å². The van der Waals surface area contributed by atoms with Crippen molar-refractivity contribution in [3.63, 3.8) is 0 Å². The van der Waals surface area contributed by atoms with Gasteiger partial charge in [0.15, 0.2) is 0 Å². The zero-order valence-corrected chi connectivity index (χ0v) is 16.9. The third-order valence-electron chi connectivity index (χ3n) is 5.40. The minimum Gasteiger partial charge on any atom is -0.480 e. The second kappa shape index (κ2) is 13.1. The number of carbonyl (C=O) groups is 2. The maximum atomic E-state index is 11.7. The van der Waals surface area contributed by atoms with E-state index in [0.29, 0.717) is 26.3 Å². The van der Waals surface area contributed by atoms with Gasteiger partial charge in [-0.15, -0.1) is 0 Å². The van der Waals surface area contributed by atoms with Gasteiger partial charge in [0.1, 0.15) is 13.2 Å². The lowest BCUT2D eigenvalue weighted by Crippen LogP contribution is -2.36. The van der Waals surface area contributed by atoms with Crippen LogP contribution in [0.25, 0.3) is 0 Å². The number of aliphatic carboxylic acids is 1. The number of ether oxygens (including phenoxy) is 2. The summed E-state index contributed by atoms with van der Waals surface area (Å²) in [6.07, 6.45) is 4.72. The summed E-state index contributed by atoms with van der Waals surface area (Å²) in [5.41, 5.74) is 5.84. The van der Waals surface area contributed by atoms with Gasteiger partial charge in [-0.1, -0.05) is 27.7 Å². The summed E-state index contributed by atoms with van der Waals surface area (Å²) in [5, 5.41) is 11.3. The monoisotopic (exact) mass is 374 g/mol. The summed E-state index contributed by atoms with van der Waals surface area (Å²) >= 11 is 0. The molecule has 0 heterocycles. The highest BCUT2D eigenvalue weighted by Gasteiger charge is 2.28. The largest absolute Gasteiger partial charge is 0.480 e. The van der Waals surface area contributed by atoms with Crippen LogP contribution in [0.15, 0.2) is 0 Å². The SMILES string of the molecule is CCC(C)(CCN)COCC(CC)(CC)CCNC(=O)COCC(=O)O. The zero-order chi connectivity index (χ0) is 20.1. The van der Waals surface area contributed by atoms with Crippen molar-refractivity contribution in [1.82, 2.24) is 5.32 Å². The first-order valence-electron chi connectivity index (χ1n) is 9.60. The Labute approximate surface area is 158 Å².